The van der Waals surface area contributed by atoms with Crippen molar-refractivity contribution in [3.8, 4) is 0 Å². The molecule has 0 unspecified atom stereocenters. The number of aliphatic hydroxyl groups is 1. The Morgan fingerprint density at radius 2 is 2.00 bits per heavy atom. The SMILES string of the molecule is C[C@@H](O)C(=O)O.O=C1CCCCCO1. The summed E-state index contributed by atoms with van der Waals surface area (Å²) in [7, 11) is 0. The van der Waals surface area contributed by atoms with Crippen LogP contribution in [0.3, 0.4) is 0 Å². The van der Waals surface area contributed by atoms with E-state index in [1.165, 1.54) is 6.92 Å². The van der Waals surface area contributed by atoms with E-state index in [1.54, 1.807) is 0 Å². The second kappa shape index (κ2) is 7.32. The van der Waals surface area contributed by atoms with Crippen molar-refractivity contribution in [2.24, 2.45) is 0 Å². The Balaban J connectivity index is 0.000000255. The lowest BCUT2D eigenvalue weighted by Crippen LogP contribution is -2.13. The number of hydrogen-bond acceptors (Lipinski definition) is 4. The summed E-state index contributed by atoms with van der Waals surface area (Å²) in [6, 6.07) is 0. The van der Waals surface area contributed by atoms with Crippen molar-refractivity contribution in [2.45, 2.75) is 38.7 Å². The molecule has 1 aliphatic heterocycles. The Kier molecular flexibility index (Phi) is 6.74. The number of carbonyl (C=O) groups is 2. The van der Waals surface area contributed by atoms with Gasteiger partial charge in [-0.3, -0.25) is 4.79 Å². The smallest absolute Gasteiger partial charge is 0.332 e. The molecule has 1 heterocycles. The second-order valence-corrected chi connectivity index (χ2v) is 3.05. The third kappa shape index (κ3) is 7.54. The molecule has 1 aliphatic rings. The molecule has 0 aromatic carbocycles. The third-order valence-electron chi connectivity index (χ3n) is 1.65. The van der Waals surface area contributed by atoms with Crippen LogP contribution >= 0.6 is 0 Å². The zero-order valence-corrected chi connectivity index (χ0v) is 8.23. The summed E-state index contributed by atoms with van der Waals surface area (Å²) >= 11 is 0. The number of esters is 1. The second-order valence-electron chi connectivity index (χ2n) is 3.05. The standard InChI is InChI=1S/C6H10O2.C3H6O3/c7-6-4-2-1-3-5-8-6;1-2(4)3(5)6/h1-5H2;2,4H,1H3,(H,5,6)/t;2-/m.1/s1. The highest BCUT2D eigenvalue weighted by Crippen LogP contribution is 2.06. The van der Waals surface area contributed by atoms with Gasteiger partial charge in [0.05, 0.1) is 6.61 Å². The summed E-state index contributed by atoms with van der Waals surface area (Å²) in [4.78, 5) is 19.9. The fourth-order valence-corrected chi connectivity index (χ4v) is 0.806. The molecule has 5 nitrogen and oxygen atoms in total. The lowest BCUT2D eigenvalue weighted by molar-refractivity contribution is -0.145. The quantitative estimate of drug-likeness (QED) is 0.609. The van der Waals surface area contributed by atoms with Crippen LogP contribution in [-0.2, 0) is 14.3 Å². The van der Waals surface area contributed by atoms with E-state index in [1.807, 2.05) is 0 Å². The number of carboxylic acid groups (broad SMARTS) is 1. The van der Waals surface area contributed by atoms with Gasteiger partial charge in [0.15, 0.2) is 0 Å². The van der Waals surface area contributed by atoms with E-state index in [9.17, 15) is 9.59 Å². The molecule has 0 radical (unpaired) electrons. The summed E-state index contributed by atoms with van der Waals surface area (Å²) in [5.74, 6) is -1.21. The van der Waals surface area contributed by atoms with E-state index in [-0.39, 0.29) is 5.97 Å². The molecule has 0 aromatic rings. The Morgan fingerprint density at radius 3 is 2.50 bits per heavy atom. The first-order valence-corrected chi connectivity index (χ1v) is 4.60. The van der Waals surface area contributed by atoms with Gasteiger partial charge in [-0.1, -0.05) is 0 Å². The van der Waals surface area contributed by atoms with Crippen LogP contribution < -0.4 is 0 Å². The number of rotatable bonds is 1. The van der Waals surface area contributed by atoms with Crippen LogP contribution in [0.1, 0.15) is 32.6 Å². The molecule has 82 valence electrons. The molecule has 0 amide bonds. The zero-order chi connectivity index (χ0) is 11.0. The summed E-state index contributed by atoms with van der Waals surface area (Å²) in [5, 5.41) is 15.8. The maximum atomic E-state index is 10.5. The fraction of sp³-hybridized carbons (Fsp3) is 0.778. The van der Waals surface area contributed by atoms with Crippen molar-refractivity contribution < 1.29 is 24.5 Å². The van der Waals surface area contributed by atoms with Gasteiger partial charge in [-0.05, 0) is 26.2 Å². The number of cyclic esters (lactones) is 1. The van der Waals surface area contributed by atoms with E-state index in [0.29, 0.717) is 13.0 Å². The average Bonchev–Trinajstić information content (AvgIpc) is 2.33. The van der Waals surface area contributed by atoms with E-state index in [4.69, 9.17) is 14.9 Å². The molecule has 0 spiro atoms. The Morgan fingerprint density at radius 1 is 1.43 bits per heavy atom. The number of carbonyl (C=O) groups excluding carboxylic acids is 1. The number of hydrogen-bond donors (Lipinski definition) is 2. The number of aliphatic hydroxyl groups excluding tert-OH is 1. The van der Waals surface area contributed by atoms with Crippen LogP contribution in [-0.4, -0.2) is 34.9 Å². The van der Waals surface area contributed by atoms with Crippen LogP contribution in [0.15, 0.2) is 0 Å². The van der Waals surface area contributed by atoms with Crippen molar-refractivity contribution in [1.82, 2.24) is 0 Å². The van der Waals surface area contributed by atoms with Crippen LogP contribution in [0.5, 0.6) is 0 Å². The van der Waals surface area contributed by atoms with Crippen molar-refractivity contribution in [3.05, 3.63) is 0 Å². The normalized spacial score (nSPS) is 18.3. The van der Waals surface area contributed by atoms with E-state index in [0.717, 1.165) is 19.3 Å². The molecule has 1 saturated heterocycles. The lowest BCUT2D eigenvalue weighted by Gasteiger charge is -1.93. The molecule has 1 fully saturated rings. The first kappa shape index (κ1) is 12.9. The minimum atomic E-state index is -1.23. The van der Waals surface area contributed by atoms with Crippen LogP contribution in [0, 0.1) is 0 Å². The maximum absolute atomic E-state index is 10.5. The van der Waals surface area contributed by atoms with Crippen LogP contribution in [0.2, 0.25) is 0 Å². The van der Waals surface area contributed by atoms with Crippen molar-refractivity contribution >= 4 is 11.9 Å². The first-order chi connectivity index (χ1) is 6.54. The third-order valence-corrected chi connectivity index (χ3v) is 1.65. The molecule has 0 aliphatic carbocycles. The van der Waals surface area contributed by atoms with Crippen LogP contribution in [0.25, 0.3) is 0 Å². The number of carboxylic acids is 1. The van der Waals surface area contributed by atoms with E-state index in [2.05, 4.69) is 0 Å². The van der Waals surface area contributed by atoms with E-state index < -0.39 is 12.1 Å². The Bertz CT molecular complexity index is 178. The molecule has 2 N–H and O–H groups in total. The largest absolute Gasteiger partial charge is 0.479 e. The van der Waals surface area contributed by atoms with Gasteiger partial charge in [-0.25, -0.2) is 4.79 Å². The predicted octanol–water partition coefficient (Wildman–Crippen LogP) is 0.555. The van der Waals surface area contributed by atoms with Gasteiger partial charge in [0.25, 0.3) is 0 Å². The van der Waals surface area contributed by atoms with Gasteiger partial charge in [0, 0.05) is 6.42 Å². The van der Waals surface area contributed by atoms with Crippen molar-refractivity contribution in [2.75, 3.05) is 6.61 Å². The molecule has 0 bridgehead atoms. The molecule has 0 aromatic heterocycles. The minimum absolute atomic E-state index is 0.0255. The highest BCUT2D eigenvalue weighted by atomic mass is 16.5. The number of ether oxygens (including phenoxy) is 1. The molecule has 5 heteroatoms. The van der Waals surface area contributed by atoms with Crippen molar-refractivity contribution in [3.63, 3.8) is 0 Å². The summed E-state index contributed by atoms with van der Waals surface area (Å²) < 4.78 is 4.76. The van der Waals surface area contributed by atoms with Gasteiger partial charge >= 0.3 is 11.9 Å². The van der Waals surface area contributed by atoms with Gasteiger partial charge in [-0.2, -0.15) is 0 Å². The molecular formula is C9H16O5. The van der Waals surface area contributed by atoms with Gasteiger partial charge < -0.3 is 14.9 Å². The molecular weight excluding hydrogens is 188 g/mol. The Hall–Kier alpha value is -1.10. The Labute approximate surface area is 82.7 Å². The van der Waals surface area contributed by atoms with E-state index >= 15 is 0 Å². The lowest BCUT2D eigenvalue weighted by atomic mass is 10.2. The fourth-order valence-electron chi connectivity index (χ4n) is 0.806. The molecule has 1 rings (SSSR count). The van der Waals surface area contributed by atoms with Crippen molar-refractivity contribution in [1.29, 1.82) is 0 Å². The number of aliphatic carboxylic acids is 1. The maximum Gasteiger partial charge on any atom is 0.332 e. The monoisotopic (exact) mass is 204 g/mol. The molecule has 1 atom stereocenters. The highest BCUT2D eigenvalue weighted by Gasteiger charge is 2.05. The minimum Gasteiger partial charge on any atom is -0.479 e. The summed E-state index contributed by atoms with van der Waals surface area (Å²) in [5.41, 5.74) is 0. The molecule has 14 heavy (non-hydrogen) atoms. The summed E-state index contributed by atoms with van der Waals surface area (Å²) in [6.45, 7) is 1.83. The predicted molar refractivity (Wildman–Crippen MR) is 48.7 cm³/mol. The van der Waals surface area contributed by atoms with Gasteiger partial charge in [0.1, 0.15) is 6.10 Å². The molecule has 0 saturated carbocycles. The van der Waals surface area contributed by atoms with Gasteiger partial charge in [0.2, 0.25) is 0 Å². The summed E-state index contributed by atoms with van der Waals surface area (Å²) in [6.07, 6.45) is 2.60. The van der Waals surface area contributed by atoms with Gasteiger partial charge in [-0.15, -0.1) is 0 Å². The average molecular weight is 204 g/mol. The highest BCUT2D eigenvalue weighted by molar-refractivity contribution is 5.71. The first-order valence-electron chi connectivity index (χ1n) is 4.60. The topological polar surface area (TPSA) is 83.8 Å². The van der Waals surface area contributed by atoms with Crippen LogP contribution in [0.4, 0.5) is 0 Å². The zero-order valence-electron chi connectivity index (χ0n) is 8.23.